The molecule has 0 fully saturated rings. The van der Waals surface area contributed by atoms with Crippen molar-refractivity contribution in [3.05, 3.63) is 42.5 Å². The fraction of sp³-hybridized carbons (Fsp3) is 0.286. The average molecular weight is 393 g/mol. The Balaban J connectivity index is 2.02. The monoisotopic (exact) mass is 393 g/mol. The first-order chi connectivity index (χ1) is 11.7. The van der Waals surface area contributed by atoms with Crippen LogP contribution in [0, 0.1) is 0 Å². The van der Waals surface area contributed by atoms with Crippen molar-refractivity contribution in [3.63, 3.8) is 0 Å². The summed E-state index contributed by atoms with van der Waals surface area (Å²) in [5.74, 6) is -0.340. The van der Waals surface area contributed by atoms with Crippen molar-refractivity contribution in [2.45, 2.75) is 16.3 Å². The minimum atomic E-state index is -4.43. The van der Waals surface area contributed by atoms with Crippen LogP contribution in [-0.2, 0) is 15.6 Å². The molecule has 25 heavy (non-hydrogen) atoms. The normalized spacial score (nSPS) is 12.0. The molecule has 11 heteroatoms. The summed E-state index contributed by atoms with van der Waals surface area (Å²) >= 11 is 0.894. The van der Waals surface area contributed by atoms with Gasteiger partial charge in [-0.1, -0.05) is 29.5 Å². The van der Waals surface area contributed by atoms with Gasteiger partial charge in [0.1, 0.15) is 5.75 Å². The molecule has 0 amide bonds. The lowest BCUT2D eigenvalue weighted by molar-refractivity contribution is -0.153. The maximum Gasteiger partial charge on any atom is 0.422 e. The summed E-state index contributed by atoms with van der Waals surface area (Å²) in [5.41, 5.74) is 0.398. The molecule has 1 N–H and O–H groups in total. The Hall–Kier alpha value is -2.14. The molecule has 0 saturated heterocycles. The standard InChI is InChI=1S/C14H14F3N3O3S2/c1-2-7-18-12-19-20-13(24-12)25(21,22)8-10-3-5-11(6-4-10)23-9-14(15,16)17/h2-6H,1,7-9H2,(H,18,19). The summed E-state index contributed by atoms with van der Waals surface area (Å²) in [6.45, 7) is 2.54. The molecular formula is C14H14F3N3O3S2. The van der Waals surface area contributed by atoms with Crippen LogP contribution < -0.4 is 10.1 Å². The summed E-state index contributed by atoms with van der Waals surface area (Å²) in [6, 6.07) is 5.35. The number of hydrogen-bond donors (Lipinski definition) is 1. The molecule has 0 saturated carbocycles. The van der Waals surface area contributed by atoms with Gasteiger partial charge in [-0.15, -0.1) is 16.8 Å². The molecule has 0 aliphatic rings. The van der Waals surface area contributed by atoms with E-state index in [9.17, 15) is 21.6 Å². The van der Waals surface area contributed by atoms with E-state index >= 15 is 0 Å². The zero-order chi connectivity index (χ0) is 18.5. The lowest BCUT2D eigenvalue weighted by Crippen LogP contribution is -2.19. The van der Waals surface area contributed by atoms with Crippen molar-refractivity contribution in [2.75, 3.05) is 18.5 Å². The van der Waals surface area contributed by atoms with E-state index in [1.54, 1.807) is 6.08 Å². The van der Waals surface area contributed by atoms with E-state index in [2.05, 4.69) is 26.8 Å². The number of aromatic nitrogens is 2. The Morgan fingerprint density at radius 1 is 1.24 bits per heavy atom. The topological polar surface area (TPSA) is 81.2 Å². The number of anilines is 1. The predicted molar refractivity (Wildman–Crippen MR) is 87.5 cm³/mol. The van der Waals surface area contributed by atoms with Crippen LogP contribution in [0.15, 0.2) is 41.3 Å². The molecular weight excluding hydrogens is 379 g/mol. The maximum atomic E-state index is 12.3. The Morgan fingerprint density at radius 2 is 1.92 bits per heavy atom. The lowest BCUT2D eigenvalue weighted by atomic mass is 10.2. The van der Waals surface area contributed by atoms with Gasteiger partial charge in [-0.25, -0.2) is 8.42 Å². The van der Waals surface area contributed by atoms with Crippen LogP contribution in [0.4, 0.5) is 18.3 Å². The van der Waals surface area contributed by atoms with Gasteiger partial charge in [-0.3, -0.25) is 0 Å². The largest absolute Gasteiger partial charge is 0.484 e. The highest BCUT2D eigenvalue weighted by molar-refractivity contribution is 7.92. The molecule has 0 spiro atoms. The average Bonchev–Trinajstić information content (AvgIpc) is 3.01. The molecule has 0 unspecified atom stereocenters. The quantitative estimate of drug-likeness (QED) is 0.695. The van der Waals surface area contributed by atoms with Gasteiger partial charge in [0, 0.05) is 6.54 Å². The van der Waals surface area contributed by atoms with Gasteiger partial charge in [0.25, 0.3) is 0 Å². The van der Waals surface area contributed by atoms with Crippen LogP contribution in [0.2, 0.25) is 0 Å². The Labute approximate surface area is 146 Å². The fourth-order valence-electron chi connectivity index (χ4n) is 1.69. The first-order valence-electron chi connectivity index (χ1n) is 6.89. The molecule has 1 heterocycles. The Bertz CT molecular complexity index is 818. The van der Waals surface area contributed by atoms with Gasteiger partial charge in [0.2, 0.25) is 19.3 Å². The van der Waals surface area contributed by atoms with Crippen molar-refractivity contribution in [1.82, 2.24) is 10.2 Å². The van der Waals surface area contributed by atoms with E-state index in [1.165, 1.54) is 24.3 Å². The Kier molecular flexibility index (Phi) is 6.01. The summed E-state index contributed by atoms with van der Waals surface area (Å²) in [7, 11) is -3.71. The van der Waals surface area contributed by atoms with Crippen LogP contribution in [0.25, 0.3) is 0 Å². The molecule has 1 aromatic carbocycles. The molecule has 2 rings (SSSR count). The number of nitrogens with zero attached hydrogens (tertiary/aromatic N) is 2. The van der Waals surface area contributed by atoms with E-state index in [4.69, 9.17) is 0 Å². The molecule has 6 nitrogen and oxygen atoms in total. The molecule has 136 valence electrons. The number of ether oxygens (including phenoxy) is 1. The van der Waals surface area contributed by atoms with E-state index in [1.807, 2.05) is 0 Å². The lowest BCUT2D eigenvalue weighted by Gasteiger charge is -2.09. The Morgan fingerprint density at radius 3 is 2.52 bits per heavy atom. The van der Waals surface area contributed by atoms with Gasteiger partial charge in [0.15, 0.2) is 6.61 Å². The summed E-state index contributed by atoms with van der Waals surface area (Å²) < 4.78 is 65.3. The zero-order valence-electron chi connectivity index (χ0n) is 12.8. The summed E-state index contributed by atoms with van der Waals surface area (Å²) in [4.78, 5) is 0. The second-order valence-corrected chi connectivity index (χ2v) is 7.99. The van der Waals surface area contributed by atoms with Crippen molar-refractivity contribution in [2.24, 2.45) is 0 Å². The SMILES string of the molecule is C=CCNc1nnc(S(=O)(=O)Cc2ccc(OCC(F)(F)F)cc2)s1. The van der Waals surface area contributed by atoms with Crippen LogP contribution in [0.3, 0.4) is 0 Å². The zero-order valence-corrected chi connectivity index (χ0v) is 14.4. The first-order valence-corrected chi connectivity index (χ1v) is 9.36. The number of sulfone groups is 1. The number of rotatable bonds is 8. The first kappa shape index (κ1) is 19.2. The molecule has 0 bridgehead atoms. The highest BCUT2D eigenvalue weighted by Gasteiger charge is 2.28. The number of hydrogen-bond acceptors (Lipinski definition) is 7. The van der Waals surface area contributed by atoms with E-state index in [-0.39, 0.29) is 15.8 Å². The van der Waals surface area contributed by atoms with Gasteiger partial charge in [-0.2, -0.15) is 13.2 Å². The van der Waals surface area contributed by atoms with Gasteiger partial charge in [0.05, 0.1) is 5.75 Å². The van der Waals surface area contributed by atoms with Crippen LogP contribution >= 0.6 is 11.3 Å². The van der Waals surface area contributed by atoms with Crippen molar-refractivity contribution in [1.29, 1.82) is 0 Å². The van der Waals surface area contributed by atoms with Gasteiger partial charge < -0.3 is 10.1 Å². The second-order valence-electron chi connectivity index (χ2n) is 4.85. The molecule has 0 atom stereocenters. The molecule has 0 aliphatic carbocycles. The molecule has 0 aliphatic heterocycles. The van der Waals surface area contributed by atoms with Gasteiger partial charge in [-0.05, 0) is 17.7 Å². The third-order valence-corrected chi connectivity index (χ3v) is 5.77. The predicted octanol–water partition coefficient (Wildman–Crippen LogP) is 3.05. The number of benzene rings is 1. The molecule has 0 radical (unpaired) electrons. The molecule has 1 aromatic heterocycles. The number of alkyl halides is 3. The highest BCUT2D eigenvalue weighted by Crippen LogP contribution is 2.24. The minimum absolute atomic E-state index is 0.00491. The molecule has 2 aromatic rings. The second kappa shape index (κ2) is 7.83. The van der Waals surface area contributed by atoms with E-state index in [0.29, 0.717) is 17.2 Å². The van der Waals surface area contributed by atoms with E-state index in [0.717, 1.165) is 11.3 Å². The van der Waals surface area contributed by atoms with Crippen molar-refractivity contribution < 1.29 is 26.3 Å². The smallest absolute Gasteiger partial charge is 0.422 e. The third-order valence-electron chi connectivity index (χ3n) is 2.75. The van der Waals surface area contributed by atoms with Gasteiger partial charge >= 0.3 is 6.18 Å². The van der Waals surface area contributed by atoms with Crippen LogP contribution in [0.1, 0.15) is 5.56 Å². The highest BCUT2D eigenvalue weighted by atomic mass is 32.2. The number of halogens is 3. The van der Waals surface area contributed by atoms with E-state index < -0.39 is 22.6 Å². The van der Waals surface area contributed by atoms with Crippen LogP contribution in [-0.4, -0.2) is 37.9 Å². The number of nitrogens with one attached hydrogen (secondary N) is 1. The van der Waals surface area contributed by atoms with Crippen LogP contribution in [0.5, 0.6) is 5.75 Å². The summed E-state index contributed by atoms with van der Waals surface area (Å²) in [6.07, 6.45) is -2.84. The van der Waals surface area contributed by atoms with Crippen molar-refractivity contribution in [3.8, 4) is 5.75 Å². The fourth-order valence-corrected chi connectivity index (χ4v) is 4.02. The third kappa shape index (κ3) is 6.02. The summed E-state index contributed by atoms with van der Waals surface area (Å²) in [5, 5.41) is 10.6. The minimum Gasteiger partial charge on any atom is -0.484 e. The maximum absolute atomic E-state index is 12.3. The van der Waals surface area contributed by atoms with Crippen molar-refractivity contribution >= 4 is 26.3 Å².